The molecular formula is C28H28F3N5O3. The number of nitrogens with zero attached hydrogens (tertiary/aromatic N) is 2. The van der Waals surface area contributed by atoms with Crippen LogP contribution in [0.25, 0.3) is 28.0 Å². The largest absolute Gasteiger partial charge is 0.491 e. The number of carbonyl (C=O) groups is 2. The molecular weight excluding hydrogens is 511 g/mol. The first kappa shape index (κ1) is 27.5. The van der Waals surface area contributed by atoms with Crippen LogP contribution in [0.4, 0.5) is 29.3 Å². The molecule has 0 spiro atoms. The number of nitrogens with one attached hydrogen (secondary N) is 3. The number of hydrogen-bond donors (Lipinski definition) is 3. The molecule has 3 N–H and O–H groups in total. The third kappa shape index (κ3) is 7.07. The number of ether oxygens (including phenoxy) is 1. The Morgan fingerprint density at radius 1 is 1.03 bits per heavy atom. The molecule has 204 valence electrons. The molecule has 39 heavy (non-hydrogen) atoms. The van der Waals surface area contributed by atoms with Gasteiger partial charge in [0.05, 0.1) is 18.0 Å². The number of benzene rings is 2. The first-order chi connectivity index (χ1) is 18.5. The van der Waals surface area contributed by atoms with Crippen LogP contribution in [0.1, 0.15) is 27.2 Å². The summed E-state index contributed by atoms with van der Waals surface area (Å²) in [6, 6.07) is 15.2. The second-order valence-electron chi connectivity index (χ2n) is 9.07. The van der Waals surface area contributed by atoms with E-state index in [0.29, 0.717) is 34.8 Å². The van der Waals surface area contributed by atoms with E-state index < -0.39 is 18.8 Å². The van der Waals surface area contributed by atoms with Gasteiger partial charge in [-0.1, -0.05) is 25.1 Å². The van der Waals surface area contributed by atoms with Crippen LogP contribution >= 0.6 is 0 Å². The number of urea groups is 1. The molecule has 0 aliphatic heterocycles. The molecule has 0 unspecified atom stereocenters. The van der Waals surface area contributed by atoms with Crippen molar-refractivity contribution in [2.45, 2.75) is 39.5 Å². The number of amides is 3. The predicted octanol–water partition coefficient (Wildman–Crippen LogP) is 6.49. The minimum absolute atomic E-state index is 0.0911. The van der Waals surface area contributed by atoms with Crippen molar-refractivity contribution in [2.75, 3.05) is 17.2 Å². The molecule has 0 aliphatic carbocycles. The zero-order valence-electron chi connectivity index (χ0n) is 21.6. The Labute approximate surface area is 223 Å². The number of para-hydroxylation sites is 1. The summed E-state index contributed by atoms with van der Waals surface area (Å²) in [5.74, 6) is 0.340. The van der Waals surface area contributed by atoms with Crippen LogP contribution < -0.4 is 20.7 Å². The maximum Gasteiger partial charge on any atom is 0.405 e. The summed E-state index contributed by atoms with van der Waals surface area (Å²) in [5, 5.41) is 7.16. The van der Waals surface area contributed by atoms with Crippen molar-refractivity contribution in [1.29, 1.82) is 0 Å². The van der Waals surface area contributed by atoms with Gasteiger partial charge >= 0.3 is 12.2 Å². The van der Waals surface area contributed by atoms with Crippen LogP contribution in [0.2, 0.25) is 0 Å². The minimum Gasteiger partial charge on any atom is -0.491 e. The number of anilines is 2. The number of aromatic nitrogens is 2. The number of imidazole rings is 1. The van der Waals surface area contributed by atoms with Crippen LogP contribution in [0.15, 0.2) is 67.0 Å². The van der Waals surface area contributed by atoms with Gasteiger partial charge in [-0.15, -0.1) is 0 Å². The smallest absolute Gasteiger partial charge is 0.405 e. The monoisotopic (exact) mass is 539 g/mol. The predicted molar refractivity (Wildman–Crippen MR) is 144 cm³/mol. The van der Waals surface area contributed by atoms with Crippen molar-refractivity contribution in [3.63, 3.8) is 0 Å². The fourth-order valence-electron chi connectivity index (χ4n) is 3.96. The molecule has 2 aromatic carbocycles. The van der Waals surface area contributed by atoms with Crippen molar-refractivity contribution >= 4 is 29.0 Å². The van der Waals surface area contributed by atoms with E-state index in [1.54, 1.807) is 36.6 Å². The maximum atomic E-state index is 12.5. The summed E-state index contributed by atoms with van der Waals surface area (Å²) in [6.45, 7) is 4.01. The highest BCUT2D eigenvalue weighted by atomic mass is 19.4. The molecule has 2 heterocycles. The Balaban J connectivity index is 1.68. The molecule has 2 aromatic heterocycles. The second kappa shape index (κ2) is 11.5. The molecule has 8 nitrogen and oxygen atoms in total. The molecule has 0 saturated heterocycles. The molecule has 0 fully saturated rings. The maximum absolute atomic E-state index is 12.5. The lowest BCUT2D eigenvalue weighted by atomic mass is 10.0. The quantitative estimate of drug-likeness (QED) is 0.239. The van der Waals surface area contributed by atoms with E-state index in [1.807, 2.05) is 60.8 Å². The zero-order chi connectivity index (χ0) is 28.2. The molecule has 0 bridgehead atoms. The van der Waals surface area contributed by atoms with Gasteiger partial charge in [0.1, 0.15) is 17.9 Å². The average Bonchev–Trinajstić information content (AvgIpc) is 3.30. The van der Waals surface area contributed by atoms with Crippen LogP contribution in [-0.2, 0) is 4.79 Å². The van der Waals surface area contributed by atoms with Gasteiger partial charge in [-0.25, -0.2) is 9.78 Å². The van der Waals surface area contributed by atoms with E-state index in [1.165, 1.54) is 0 Å². The summed E-state index contributed by atoms with van der Waals surface area (Å²) in [4.78, 5) is 28.6. The van der Waals surface area contributed by atoms with Gasteiger partial charge < -0.3 is 20.7 Å². The fourth-order valence-corrected chi connectivity index (χ4v) is 3.96. The molecule has 4 rings (SSSR count). The van der Waals surface area contributed by atoms with Gasteiger partial charge in [-0.05, 0) is 49.7 Å². The third-order valence-corrected chi connectivity index (χ3v) is 5.63. The average molecular weight is 540 g/mol. The van der Waals surface area contributed by atoms with E-state index in [-0.39, 0.29) is 17.7 Å². The van der Waals surface area contributed by atoms with Gasteiger partial charge in [0.15, 0.2) is 0 Å². The highest BCUT2D eigenvalue weighted by Gasteiger charge is 2.27. The Hall–Kier alpha value is -4.54. The number of hydrogen-bond acceptors (Lipinski definition) is 4. The SMILES string of the molecule is CCC(=O)Nc1ccccc1-c1ccn2c(-c3cc(NC(=O)NCC(F)(F)F)cc(OC(C)C)c3)cnc2c1. The Morgan fingerprint density at radius 2 is 1.79 bits per heavy atom. The summed E-state index contributed by atoms with van der Waals surface area (Å²) in [6.07, 6.45) is -0.846. The Morgan fingerprint density at radius 3 is 2.51 bits per heavy atom. The van der Waals surface area contributed by atoms with E-state index in [2.05, 4.69) is 15.6 Å². The van der Waals surface area contributed by atoms with Gasteiger partial charge in [-0.2, -0.15) is 13.2 Å². The van der Waals surface area contributed by atoms with E-state index >= 15 is 0 Å². The Kier molecular flexibility index (Phi) is 8.08. The first-order valence-corrected chi connectivity index (χ1v) is 12.3. The molecule has 0 aliphatic rings. The topological polar surface area (TPSA) is 96.8 Å². The van der Waals surface area contributed by atoms with Crippen LogP contribution in [0.3, 0.4) is 0 Å². The molecule has 3 amide bonds. The van der Waals surface area contributed by atoms with Crippen molar-refractivity contribution in [3.05, 3.63) is 67.0 Å². The lowest BCUT2D eigenvalue weighted by molar-refractivity contribution is -0.122. The highest BCUT2D eigenvalue weighted by Crippen LogP contribution is 2.33. The number of pyridine rings is 1. The zero-order valence-corrected chi connectivity index (χ0v) is 21.6. The summed E-state index contributed by atoms with van der Waals surface area (Å²) < 4.78 is 45.2. The summed E-state index contributed by atoms with van der Waals surface area (Å²) in [5.41, 5.74) is 4.59. The first-order valence-electron chi connectivity index (χ1n) is 12.3. The molecule has 4 aromatic rings. The molecule has 0 radical (unpaired) electrons. The van der Waals surface area contributed by atoms with E-state index in [0.717, 1.165) is 11.1 Å². The van der Waals surface area contributed by atoms with Crippen molar-refractivity contribution in [1.82, 2.24) is 14.7 Å². The van der Waals surface area contributed by atoms with E-state index in [9.17, 15) is 22.8 Å². The van der Waals surface area contributed by atoms with Crippen LogP contribution in [-0.4, -0.2) is 40.1 Å². The summed E-state index contributed by atoms with van der Waals surface area (Å²) >= 11 is 0. The van der Waals surface area contributed by atoms with Crippen molar-refractivity contribution in [3.8, 4) is 28.1 Å². The fraction of sp³-hybridized carbons (Fsp3) is 0.250. The van der Waals surface area contributed by atoms with E-state index in [4.69, 9.17) is 4.74 Å². The lowest BCUT2D eigenvalue weighted by Gasteiger charge is -2.15. The van der Waals surface area contributed by atoms with Crippen molar-refractivity contribution < 1.29 is 27.5 Å². The molecule has 0 atom stereocenters. The lowest BCUT2D eigenvalue weighted by Crippen LogP contribution is -2.36. The number of alkyl halides is 3. The van der Waals surface area contributed by atoms with Gasteiger partial charge in [-0.3, -0.25) is 9.20 Å². The molecule has 0 saturated carbocycles. The standard InChI is InChI=1S/C28H28F3N5O3/c1-4-26(37)35-23-8-6-5-7-22(23)18-9-10-36-24(15-32-25(36)13-18)19-11-20(14-21(12-19)39-17(2)3)34-27(38)33-16-28(29,30)31/h5-15,17H,4,16H2,1-3H3,(H,35,37)(H2,33,34,38). The third-order valence-electron chi connectivity index (χ3n) is 5.63. The van der Waals surface area contributed by atoms with Crippen LogP contribution in [0.5, 0.6) is 5.75 Å². The molecule has 11 heteroatoms. The van der Waals surface area contributed by atoms with Crippen LogP contribution in [0, 0.1) is 0 Å². The number of halogens is 3. The van der Waals surface area contributed by atoms with Gasteiger partial charge in [0.25, 0.3) is 0 Å². The minimum atomic E-state index is -4.53. The van der Waals surface area contributed by atoms with Gasteiger partial charge in [0.2, 0.25) is 5.91 Å². The number of fused-ring (bicyclic) bond motifs is 1. The second-order valence-corrected chi connectivity index (χ2v) is 9.07. The number of rotatable bonds is 8. The van der Waals surface area contributed by atoms with Crippen molar-refractivity contribution in [2.24, 2.45) is 0 Å². The normalized spacial score (nSPS) is 11.5. The Bertz CT molecular complexity index is 1500. The van der Waals surface area contributed by atoms with Gasteiger partial charge in [0, 0.05) is 41.2 Å². The summed E-state index contributed by atoms with van der Waals surface area (Å²) in [7, 11) is 0. The number of carbonyl (C=O) groups excluding carboxylic acids is 2. The highest BCUT2D eigenvalue weighted by molar-refractivity contribution is 5.95.